The third-order valence-corrected chi connectivity index (χ3v) is 5.48. The van der Waals surface area contributed by atoms with Crippen LogP contribution in [-0.4, -0.2) is 21.7 Å². The zero-order chi connectivity index (χ0) is 15.0. The van der Waals surface area contributed by atoms with Crippen LogP contribution in [0.2, 0.25) is 0 Å². The van der Waals surface area contributed by atoms with E-state index in [2.05, 4.69) is 23.4 Å². The van der Waals surface area contributed by atoms with E-state index < -0.39 is 0 Å². The SMILES string of the molecule is Cc1cc(C)n(CCC(=O)N[C@@H](C)[C@H]2C[C@H]3CC[C@H]2C3)n1. The Labute approximate surface area is 127 Å². The van der Waals surface area contributed by atoms with E-state index in [0.29, 0.717) is 24.9 Å². The van der Waals surface area contributed by atoms with Crippen molar-refractivity contribution in [3.8, 4) is 0 Å². The van der Waals surface area contributed by atoms with Gasteiger partial charge in [0.25, 0.3) is 0 Å². The molecule has 2 aliphatic rings. The number of nitrogens with zero attached hydrogens (tertiary/aromatic N) is 2. The van der Waals surface area contributed by atoms with Gasteiger partial charge in [-0.25, -0.2) is 0 Å². The molecule has 4 heteroatoms. The first-order valence-electron chi connectivity index (χ1n) is 8.33. The number of amides is 1. The summed E-state index contributed by atoms with van der Waals surface area (Å²) in [6.45, 7) is 6.89. The van der Waals surface area contributed by atoms with Crippen LogP contribution in [0, 0.1) is 31.6 Å². The van der Waals surface area contributed by atoms with E-state index in [1.165, 1.54) is 25.7 Å². The highest BCUT2D eigenvalue weighted by atomic mass is 16.1. The van der Waals surface area contributed by atoms with Gasteiger partial charge in [-0.05, 0) is 63.9 Å². The van der Waals surface area contributed by atoms with Crippen LogP contribution in [0.15, 0.2) is 6.07 Å². The van der Waals surface area contributed by atoms with Crippen molar-refractivity contribution in [2.24, 2.45) is 17.8 Å². The number of aryl methyl sites for hydroxylation is 3. The van der Waals surface area contributed by atoms with Gasteiger partial charge in [-0.2, -0.15) is 5.10 Å². The lowest BCUT2D eigenvalue weighted by Crippen LogP contribution is -2.40. The molecule has 0 aromatic carbocycles. The van der Waals surface area contributed by atoms with Crippen molar-refractivity contribution in [1.82, 2.24) is 15.1 Å². The molecular formula is C17H27N3O. The lowest BCUT2D eigenvalue weighted by Gasteiger charge is -2.28. The van der Waals surface area contributed by atoms with Gasteiger partial charge in [0.15, 0.2) is 0 Å². The highest BCUT2D eigenvalue weighted by molar-refractivity contribution is 5.76. The lowest BCUT2D eigenvalue weighted by atomic mass is 9.84. The smallest absolute Gasteiger partial charge is 0.222 e. The number of carbonyl (C=O) groups is 1. The van der Waals surface area contributed by atoms with E-state index in [4.69, 9.17) is 0 Å². The topological polar surface area (TPSA) is 46.9 Å². The Hall–Kier alpha value is -1.32. The Kier molecular flexibility index (Phi) is 4.05. The van der Waals surface area contributed by atoms with Gasteiger partial charge in [-0.15, -0.1) is 0 Å². The van der Waals surface area contributed by atoms with Crippen LogP contribution in [0.4, 0.5) is 0 Å². The summed E-state index contributed by atoms with van der Waals surface area (Å²) in [4.78, 5) is 12.2. The number of hydrogen-bond donors (Lipinski definition) is 1. The first kappa shape index (κ1) is 14.6. The van der Waals surface area contributed by atoms with Gasteiger partial charge >= 0.3 is 0 Å². The second kappa shape index (κ2) is 5.82. The quantitative estimate of drug-likeness (QED) is 0.906. The molecule has 0 saturated heterocycles. The molecule has 0 radical (unpaired) electrons. The van der Waals surface area contributed by atoms with Gasteiger partial charge in [0.1, 0.15) is 0 Å². The van der Waals surface area contributed by atoms with Crippen molar-refractivity contribution in [2.45, 2.75) is 65.5 Å². The molecule has 1 N–H and O–H groups in total. The van der Waals surface area contributed by atoms with Crippen molar-refractivity contribution >= 4 is 5.91 Å². The average molecular weight is 289 g/mol. The molecule has 4 nitrogen and oxygen atoms in total. The molecule has 1 aromatic heterocycles. The summed E-state index contributed by atoms with van der Waals surface area (Å²) in [5.41, 5.74) is 2.14. The number of nitrogens with one attached hydrogen (secondary N) is 1. The molecule has 21 heavy (non-hydrogen) atoms. The summed E-state index contributed by atoms with van der Waals surface area (Å²) >= 11 is 0. The van der Waals surface area contributed by atoms with Crippen molar-refractivity contribution < 1.29 is 4.79 Å². The maximum absolute atomic E-state index is 12.2. The Morgan fingerprint density at radius 2 is 2.24 bits per heavy atom. The Morgan fingerprint density at radius 1 is 1.43 bits per heavy atom. The summed E-state index contributed by atoms with van der Waals surface area (Å²) in [5, 5.41) is 7.63. The number of rotatable bonds is 5. The van der Waals surface area contributed by atoms with Gasteiger partial charge in [-0.3, -0.25) is 9.48 Å². The van der Waals surface area contributed by atoms with Crippen molar-refractivity contribution in [3.63, 3.8) is 0 Å². The normalized spacial score (nSPS) is 28.8. The van der Waals surface area contributed by atoms with Crippen molar-refractivity contribution in [2.75, 3.05) is 0 Å². The molecule has 0 aliphatic heterocycles. The number of hydrogen-bond acceptors (Lipinski definition) is 2. The molecule has 2 saturated carbocycles. The van der Waals surface area contributed by atoms with Gasteiger partial charge in [0, 0.05) is 24.7 Å². The number of carbonyl (C=O) groups excluding carboxylic acids is 1. The summed E-state index contributed by atoms with van der Waals surface area (Å²) in [6.07, 6.45) is 6.04. The van der Waals surface area contributed by atoms with Gasteiger partial charge in [0.05, 0.1) is 5.69 Å². The number of fused-ring (bicyclic) bond motifs is 2. The van der Waals surface area contributed by atoms with Gasteiger partial charge in [-0.1, -0.05) is 6.42 Å². The van der Waals surface area contributed by atoms with E-state index in [9.17, 15) is 4.79 Å². The molecule has 2 fully saturated rings. The fraction of sp³-hybridized carbons (Fsp3) is 0.765. The van der Waals surface area contributed by atoms with Crippen LogP contribution < -0.4 is 5.32 Å². The Morgan fingerprint density at radius 3 is 2.81 bits per heavy atom. The lowest BCUT2D eigenvalue weighted by molar-refractivity contribution is -0.122. The molecule has 0 unspecified atom stereocenters. The van der Waals surface area contributed by atoms with Crippen LogP contribution in [0.3, 0.4) is 0 Å². The Balaban J connectivity index is 1.47. The Bertz CT molecular complexity index is 522. The molecule has 116 valence electrons. The van der Waals surface area contributed by atoms with Crippen LogP contribution in [0.25, 0.3) is 0 Å². The molecule has 3 rings (SSSR count). The molecule has 1 amide bonds. The van der Waals surface area contributed by atoms with E-state index in [1.54, 1.807) is 0 Å². The van der Waals surface area contributed by atoms with E-state index >= 15 is 0 Å². The zero-order valence-electron chi connectivity index (χ0n) is 13.4. The second-order valence-electron chi connectivity index (χ2n) is 7.10. The van der Waals surface area contributed by atoms with Crippen LogP contribution in [0.1, 0.15) is 50.4 Å². The van der Waals surface area contributed by atoms with Crippen LogP contribution in [-0.2, 0) is 11.3 Å². The third kappa shape index (κ3) is 3.14. The largest absolute Gasteiger partial charge is 0.353 e. The summed E-state index contributed by atoms with van der Waals surface area (Å²) in [6, 6.07) is 2.38. The standard InChI is InChI=1S/C17H27N3O/c1-11-8-12(2)20(19-11)7-6-17(21)18-13(3)16-10-14-4-5-15(16)9-14/h8,13-16H,4-7,9-10H2,1-3H3,(H,18,21)/t13-,14-,15-,16+/m0/s1. The average Bonchev–Trinajstić information content (AvgIpc) is 3.12. The van der Waals surface area contributed by atoms with E-state index in [-0.39, 0.29) is 5.91 Å². The fourth-order valence-electron chi connectivity index (χ4n) is 4.45. The van der Waals surface area contributed by atoms with Gasteiger partial charge in [0.2, 0.25) is 5.91 Å². The minimum absolute atomic E-state index is 0.165. The highest BCUT2D eigenvalue weighted by Gasteiger charge is 2.42. The predicted molar refractivity (Wildman–Crippen MR) is 82.9 cm³/mol. The summed E-state index contributed by atoms with van der Waals surface area (Å²) in [7, 11) is 0. The third-order valence-electron chi connectivity index (χ3n) is 5.48. The molecule has 4 atom stereocenters. The fourth-order valence-corrected chi connectivity index (χ4v) is 4.45. The minimum Gasteiger partial charge on any atom is -0.353 e. The van der Waals surface area contributed by atoms with E-state index in [0.717, 1.165) is 23.2 Å². The van der Waals surface area contributed by atoms with Crippen LogP contribution in [0.5, 0.6) is 0 Å². The number of aromatic nitrogens is 2. The molecule has 1 aromatic rings. The maximum atomic E-state index is 12.2. The maximum Gasteiger partial charge on any atom is 0.222 e. The van der Waals surface area contributed by atoms with Crippen LogP contribution >= 0.6 is 0 Å². The molecular weight excluding hydrogens is 262 g/mol. The van der Waals surface area contributed by atoms with Crippen molar-refractivity contribution in [1.29, 1.82) is 0 Å². The predicted octanol–water partition coefficient (Wildman–Crippen LogP) is 2.83. The zero-order valence-corrected chi connectivity index (χ0v) is 13.4. The summed E-state index contributed by atoms with van der Waals surface area (Å²) in [5.74, 6) is 2.68. The monoisotopic (exact) mass is 289 g/mol. The van der Waals surface area contributed by atoms with Crippen molar-refractivity contribution in [3.05, 3.63) is 17.5 Å². The molecule has 2 bridgehead atoms. The first-order valence-corrected chi connectivity index (χ1v) is 8.33. The summed E-state index contributed by atoms with van der Waals surface area (Å²) < 4.78 is 1.93. The molecule has 1 heterocycles. The van der Waals surface area contributed by atoms with E-state index in [1.807, 2.05) is 18.5 Å². The second-order valence-corrected chi connectivity index (χ2v) is 7.10. The molecule has 0 spiro atoms. The van der Waals surface area contributed by atoms with Gasteiger partial charge < -0.3 is 5.32 Å². The molecule has 2 aliphatic carbocycles. The highest BCUT2D eigenvalue weighted by Crippen LogP contribution is 2.49. The minimum atomic E-state index is 0.165. The first-order chi connectivity index (χ1) is 10.0.